The van der Waals surface area contributed by atoms with Crippen LogP contribution in [0.5, 0.6) is 0 Å². The van der Waals surface area contributed by atoms with E-state index in [0.717, 1.165) is 5.69 Å². The number of rotatable bonds is 6. The molecule has 0 aliphatic carbocycles. The van der Waals surface area contributed by atoms with Gasteiger partial charge in [0.15, 0.2) is 5.69 Å². The van der Waals surface area contributed by atoms with Crippen molar-refractivity contribution in [2.45, 2.75) is 0 Å². The molecule has 1 saturated heterocycles. The summed E-state index contributed by atoms with van der Waals surface area (Å²) in [6, 6.07) is 9.83. The molecule has 1 aromatic carbocycles. The fraction of sp³-hybridized carbons (Fsp3) is 0.389. The van der Waals surface area contributed by atoms with Crippen LogP contribution < -0.4 is 10.2 Å². The first-order chi connectivity index (χ1) is 12.7. The molecule has 1 fully saturated rings. The SMILES string of the molecule is COCCNc1ccc(C(=O)N2CCN(c3ccc(F)cc3)CC2)nn1. The summed E-state index contributed by atoms with van der Waals surface area (Å²) in [6.45, 7) is 3.77. The lowest BCUT2D eigenvalue weighted by atomic mass is 10.2. The summed E-state index contributed by atoms with van der Waals surface area (Å²) in [6.07, 6.45) is 0. The van der Waals surface area contributed by atoms with Crippen molar-refractivity contribution in [1.29, 1.82) is 0 Å². The van der Waals surface area contributed by atoms with Crippen LogP contribution in [0.2, 0.25) is 0 Å². The molecule has 138 valence electrons. The van der Waals surface area contributed by atoms with Gasteiger partial charge in [-0.1, -0.05) is 0 Å². The van der Waals surface area contributed by atoms with Gasteiger partial charge in [-0.05, 0) is 36.4 Å². The molecule has 0 atom stereocenters. The number of ether oxygens (including phenoxy) is 1. The fourth-order valence-electron chi connectivity index (χ4n) is 2.80. The number of piperazine rings is 1. The Morgan fingerprint density at radius 2 is 1.85 bits per heavy atom. The summed E-state index contributed by atoms with van der Waals surface area (Å²) in [7, 11) is 1.63. The number of hydrogen-bond donors (Lipinski definition) is 1. The van der Waals surface area contributed by atoms with Gasteiger partial charge in [0.05, 0.1) is 6.61 Å². The van der Waals surface area contributed by atoms with E-state index in [1.165, 1.54) is 12.1 Å². The lowest BCUT2D eigenvalue weighted by molar-refractivity contribution is 0.0739. The molecule has 2 aromatic rings. The third-order valence-corrected chi connectivity index (χ3v) is 4.25. The molecule has 7 nitrogen and oxygen atoms in total. The van der Waals surface area contributed by atoms with Gasteiger partial charge in [0, 0.05) is 45.5 Å². The Balaban J connectivity index is 1.53. The van der Waals surface area contributed by atoms with Crippen LogP contribution in [0.25, 0.3) is 0 Å². The highest BCUT2D eigenvalue weighted by atomic mass is 19.1. The number of nitrogens with one attached hydrogen (secondary N) is 1. The average Bonchev–Trinajstić information content (AvgIpc) is 2.69. The summed E-state index contributed by atoms with van der Waals surface area (Å²) < 4.78 is 18.0. The molecule has 1 amide bonds. The van der Waals surface area contributed by atoms with Crippen molar-refractivity contribution in [3.8, 4) is 0 Å². The average molecular weight is 359 g/mol. The van der Waals surface area contributed by atoms with E-state index in [2.05, 4.69) is 20.4 Å². The zero-order chi connectivity index (χ0) is 18.4. The van der Waals surface area contributed by atoms with Gasteiger partial charge in [0.2, 0.25) is 0 Å². The van der Waals surface area contributed by atoms with E-state index in [4.69, 9.17) is 4.74 Å². The molecule has 26 heavy (non-hydrogen) atoms. The Kier molecular flexibility index (Phi) is 5.96. The number of carbonyl (C=O) groups is 1. The molecular formula is C18H22FN5O2. The molecule has 0 saturated carbocycles. The predicted molar refractivity (Wildman–Crippen MR) is 96.9 cm³/mol. The van der Waals surface area contributed by atoms with Gasteiger partial charge in [-0.2, -0.15) is 0 Å². The Bertz CT molecular complexity index is 715. The Labute approximate surface area is 151 Å². The largest absolute Gasteiger partial charge is 0.383 e. The molecule has 3 rings (SSSR count). The highest BCUT2D eigenvalue weighted by Crippen LogP contribution is 2.17. The fourth-order valence-corrected chi connectivity index (χ4v) is 2.80. The molecular weight excluding hydrogens is 337 g/mol. The first kappa shape index (κ1) is 18.1. The zero-order valence-electron chi connectivity index (χ0n) is 14.7. The van der Waals surface area contributed by atoms with Crippen LogP contribution in [0, 0.1) is 5.82 Å². The Morgan fingerprint density at radius 1 is 1.12 bits per heavy atom. The van der Waals surface area contributed by atoms with Crippen molar-refractivity contribution in [3.63, 3.8) is 0 Å². The van der Waals surface area contributed by atoms with E-state index >= 15 is 0 Å². The number of anilines is 2. The van der Waals surface area contributed by atoms with Crippen molar-refractivity contribution in [1.82, 2.24) is 15.1 Å². The maximum absolute atomic E-state index is 13.0. The molecule has 0 spiro atoms. The van der Waals surface area contributed by atoms with Gasteiger partial charge in [-0.25, -0.2) is 4.39 Å². The van der Waals surface area contributed by atoms with E-state index in [0.29, 0.717) is 50.8 Å². The number of carbonyl (C=O) groups excluding carboxylic acids is 1. The van der Waals surface area contributed by atoms with Crippen molar-refractivity contribution < 1.29 is 13.9 Å². The van der Waals surface area contributed by atoms with Crippen molar-refractivity contribution in [3.05, 3.63) is 47.9 Å². The minimum Gasteiger partial charge on any atom is -0.383 e. The van der Waals surface area contributed by atoms with Crippen LogP contribution >= 0.6 is 0 Å². The highest BCUT2D eigenvalue weighted by molar-refractivity contribution is 5.92. The molecule has 1 aliphatic rings. The van der Waals surface area contributed by atoms with Crippen LogP contribution in [0.4, 0.5) is 15.9 Å². The van der Waals surface area contributed by atoms with E-state index in [9.17, 15) is 9.18 Å². The minimum atomic E-state index is -0.249. The van der Waals surface area contributed by atoms with Crippen molar-refractivity contribution >= 4 is 17.4 Å². The van der Waals surface area contributed by atoms with Crippen molar-refractivity contribution in [2.24, 2.45) is 0 Å². The second kappa shape index (κ2) is 8.57. The number of aromatic nitrogens is 2. The third kappa shape index (κ3) is 4.45. The minimum absolute atomic E-state index is 0.125. The summed E-state index contributed by atoms with van der Waals surface area (Å²) >= 11 is 0. The number of nitrogens with zero attached hydrogens (tertiary/aromatic N) is 4. The van der Waals surface area contributed by atoms with E-state index < -0.39 is 0 Å². The van der Waals surface area contributed by atoms with Crippen LogP contribution in [-0.4, -0.2) is 67.4 Å². The van der Waals surface area contributed by atoms with Gasteiger partial charge >= 0.3 is 0 Å². The quantitative estimate of drug-likeness (QED) is 0.791. The zero-order valence-corrected chi connectivity index (χ0v) is 14.7. The van der Waals surface area contributed by atoms with Gasteiger partial charge in [-0.3, -0.25) is 4.79 Å². The lowest BCUT2D eigenvalue weighted by Gasteiger charge is -2.35. The second-order valence-corrected chi connectivity index (χ2v) is 5.98. The van der Waals surface area contributed by atoms with E-state index in [1.807, 2.05) is 0 Å². The Hall–Kier alpha value is -2.74. The van der Waals surface area contributed by atoms with Gasteiger partial charge in [0.1, 0.15) is 11.6 Å². The smallest absolute Gasteiger partial charge is 0.274 e. The molecule has 1 N–H and O–H groups in total. The molecule has 0 unspecified atom stereocenters. The van der Waals surface area contributed by atoms with Crippen LogP contribution in [0.1, 0.15) is 10.5 Å². The number of halogens is 1. The summed E-state index contributed by atoms with van der Waals surface area (Å²) in [5.41, 5.74) is 1.29. The summed E-state index contributed by atoms with van der Waals surface area (Å²) in [4.78, 5) is 16.5. The van der Waals surface area contributed by atoms with Crippen LogP contribution in [0.3, 0.4) is 0 Å². The first-order valence-corrected chi connectivity index (χ1v) is 8.53. The topological polar surface area (TPSA) is 70.6 Å². The second-order valence-electron chi connectivity index (χ2n) is 5.98. The number of benzene rings is 1. The first-order valence-electron chi connectivity index (χ1n) is 8.53. The number of amides is 1. The van der Waals surface area contributed by atoms with E-state index in [1.54, 1.807) is 36.3 Å². The molecule has 8 heteroatoms. The Morgan fingerprint density at radius 3 is 2.46 bits per heavy atom. The molecule has 1 aromatic heterocycles. The molecule has 2 heterocycles. The maximum atomic E-state index is 13.0. The standard InChI is InChI=1S/C18H22FN5O2/c1-26-13-8-20-17-7-6-16(21-22-17)18(25)24-11-9-23(10-12-24)15-4-2-14(19)3-5-15/h2-7H,8-13H2,1H3,(H,20,22). The molecule has 0 radical (unpaired) electrons. The highest BCUT2D eigenvalue weighted by Gasteiger charge is 2.23. The predicted octanol–water partition coefficient (Wildman–Crippen LogP) is 1.64. The van der Waals surface area contributed by atoms with Gasteiger partial charge < -0.3 is 19.9 Å². The monoisotopic (exact) mass is 359 g/mol. The van der Waals surface area contributed by atoms with E-state index in [-0.39, 0.29) is 11.7 Å². The normalized spacial score (nSPS) is 14.4. The van der Waals surface area contributed by atoms with Gasteiger partial charge in [0.25, 0.3) is 5.91 Å². The summed E-state index contributed by atoms with van der Waals surface area (Å²) in [5.74, 6) is 0.237. The van der Waals surface area contributed by atoms with Crippen molar-refractivity contribution in [2.75, 3.05) is 56.7 Å². The number of hydrogen-bond acceptors (Lipinski definition) is 6. The molecule has 1 aliphatic heterocycles. The lowest BCUT2D eigenvalue weighted by Crippen LogP contribution is -2.49. The third-order valence-electron chi connectivity index (χ3n) is 4.25. The molecule has 0 bridgehead atoms. The van der Waals surface area contributed by atoms with Crippen LogP contribution in [0.15, 0.2) is 36.4 Å². The number of methoxy groups -OCH3 is 1. The maximum Gasteiger partial charge on any atom is 0.274 e. The van der Waals surface area contributed by atoms with Gasteiger partial charge in [-0.15, -0.1) is 10.2 Å². The summed E-state index contributed by atoms with van der Waals surface area (Å²) in [5, 5.41) is 11.1. The van der Waals surface area contributed by atoms with Crippen LogP contribution in [-0.2, 0) is 4.74 Å².